The molecule has 0 bridgehead atoms. The number of nitrogens with zero attached hydrogens (tertiary/aromatic N) is 4. The van der Waals surface area contributed by atoms with Crippen molar-refractivity contribution in [2.45, 2.75) is 11.8 Å². The fraction of sp³-hybridized carbons (Fsp3) is 0.238. The molecule has 0 saturated carbocycles. The normalized spacial score (nSPS) is 14.9. The molecule has 1 aliphatic heterocycles. The number of piperazine rings is 1. The van der Waals surface area contributed by atoms with Gasteiger partial charge in [0.25, 0.3) is 11.6 Å². The van der Waals surface area contributed by atoms with Crippen LogP contribution in [0.4, 0.5) is 10.1 Å². The van der Waals surface area contributed by atoms with Gasteiger partial charge in [0.05, 0.1) is 9.82 Å². The third-order valence-corrected chi connectivity index (χ3v) is 8.27. The van der Waals surface area contributed by atoms with Crippen LogP contribution >= 0.6 is 11.3 Å². The molecule has 0 N–H and O–H groups in total. The zero-order valence-electron chi connectivity index (χ0n) is 17.5. The Bertz CT molecular complexity index is 1320. The number of aromatic nitrogens is 1. The summed E-state index contributed by atoms with van der Waals surface area (Å²) in [4.78, 5) is 29.0. The number of benzene rings is 2. The highest BCUT2D eigenvalue weighted by Gasteiger charge is 2.32. The van der Waals surface area contributed by atoms with Crippen LogP contribution in [-0.4, -0.2) is 59.6 Å². The average molecular weight is 491 g/mol. The van der Waals surface area contributed by atoms with Gasteiger partial charge in [-0.15, -0.1) is 11.3 Å². The summed E-state index contributed by atoms with van der Waals surface area (Å²) in [6.07, 6.45) is 0. The number of rotatable bonds is 5. The molecule has 12 heteroatoms. The number of amides is 1. The molecule has 0 radical (unpaired) electrons. The molecule has 1 aromatic heterocycles. The number of non-ortho nitro benzene ring substituents is 1. The van der Waals surface area contributed by atoms with Gasteiger partial charge < -0.3 is 4.90 Å². The predicted molar refractivity (Wildman–Crippen MR) is 120 cm³/mol. The van der Waals surface area contributed by atoms with Crippen molar-refractivity contribution in [2.24, 2.45) is 0 Å². The largest absolute Gasteiger partial charge is 0.335 e. The lowest BCUT2D eigenvalue weighted by atomic mass is 10.2. The van der Waals surface area contributed by atoms with Crippen molar-refractivity contribution in [1.82, 2.24) is 14.2 Å². The molecule has 3 aromatic rings. The molecule has 0 spiro atoms. The summed E-state index contributed by atoms with van der Waals surface area (Å²) in [5, 5.41) is 13.3. The Morgan fingerprint density at radius 2 is 1.79 bits per heavy atom. The number of nitro groups is 1. The van der Waals surface area contributed by atoms with E-state index in [9.17, 15) is 27.7 Å². The Kier molecular flexibility index (Phi) is 6.23. The van der Waals surface area contributed by atoms with Gasteiger partial charge in [0, 0.05) is 49.3 Å². The monoisotopic (exact) mass is 490 g/mol. The van der Waals surface area contributed by atoms with Crippen LogP contribution in [0.2, 0.25) is 0 Å². The van der Waals surface area contributed by atoms with Crippen molar-refractivity contribution in [1.29, 1.82) is 0 Å². The fourth-order valence-corrected chi connectivity index (χ4v) is 5.98. The number of aryl methyl sites for hydroxylation is 1. The SMILES string of the molecule is Cc1ccc([N+](=O)[O-])cc1S(=O)(=O)N1CCN(C(=O)c2csc(-c3ccc(F)cc3)n2)CC1. The quantitative estimate of drug-likeness (QED) is 0.400. The molecule has 172 valence electrons. The number of hydrogen-bond acceptors (Lipinski definition) is 7. The lowest BCUT2D eigenvalue weighted by molar-refractivity contribution is -0.385. The molecule has 1 fully saturated rings. The molecule has 0 unspecified atom stereocenters. The molecular weight excluding hydrogens is 471 g/mol. The van der Waals surface area contributed by atoms with Crippen molar-refractivity contribution in [2.75, 3.05) is 26.2 Å². The Labute approximate surface area is 193 Å². The van der Waals surface area contributed by atoms with E-state index >= 15 is 0 Å². The van der Waals surface area contributed by atoms with E-state index in [1.165, 1.54) is 44.8 Å². The Morgan fingerprint density at radius 3 is 2.42 bits per heavy atom. The van der Waals surface area contributed by atoms with Crippen molar-refractivity contribution in [3.63, 3.8) is 0 Å². The lowest BCUT2D eigenvalue weighted by Crippen LogP contribution is -2.50. The number of thiazole rings is 1. The van der Waals surface area contributed by atoms with Crippen LogP contribution in [0, 0.1) is 22.9 Å². The van der Waals surface area contributed by atoms with Crippen LogP contribution in [-0.2, 0) is 10.0 Å². The van der Waals surface area contributed by atoms with Crippen LogP contribution in [0.15, 0.2) is 52.7 Å². The van der Waals surface area contributed by atoms with E-state index in [1.807, 2.05) is 0 Å². The standard InChI is InChI=1S/C21H19FN4O5S2/c1-14-2-7-17(26(28)29)12-19(14)33(30,31)25-10-8-24(9-11-25)21(27)18-13-32-20(23-18)15-3-5-16(22)6-4-15/h2-7,12-13H,8-11H2,1H3. The number of sulfonamides is 1. The highest BCUT2D eigenvalue weighted by atomic mass is 32.2. The maximum Gasteiger partial charge on any atom is 0.273 e. The van der Waals surface area contributed by atoms with Crippen molar-refractivity contribution in [3.8, 4) is 10.6 Å². The summed E-state index contributed by atoms with van der Waals surface area (Å²) < 4.78 is 40.5. The van der Waals surface area contributed by atoms with Gasteiger partial charge in [0.1, 0.15) is 16.5 Å². The number of nitro benzene ring substituents is 1. The highest BCUT2D eigenvalue weighted by Crippen LogP contribution is 2.27. The number of halogens is 1. The Balaban J connectivity index is 1.46. The van der Waals surface area contributed by atoms with E-state index in [-0.39, 0.29) is 54.2 Å². The van der Waals surface area contributed by atoms with Gasteiger partial charge in [-0.25, -0.2) is 17.8 Å². The van der Waals surface area contributed by atoms with E-state index in [0.29, 0.717) is 16.1 Å². The first-order chi connectivity index (χ1) is 15.7. The van der Waals surface area contributed by atoms with E-state index < -0.39 is 14.9 Å². The molecule has 33 heavy (non-hydrogen) atoms. The molecule has 2 heterocycles. The third kappa shape index (κ3) is 4.63. The fourth-order valence-electron chi connectivity index (χ4n) is 3.51. The second-order valence-corrected chi connectivity index (χ2v) is 10.2. The van der Waals surface area contributed by atoms with Gasteiger partial charge in [-0.1, -0.05) is 6.07 Å². The summed E-state index contributed by atoms with van der Waals surface area (Å²) in [6, 6.07) is 9.55. The Hall–Kier alpha value is -3.22. The second-order valence-electron chi connectivity index (χ2n) is 7.45. The number of carbonyl (C=O) groups is 1. The topological polar surface area (TPSA) is 114 Å². The summed E-state index contributed by atoms with van der Waals surface area (Å²) in [5.41, 5.74) is 1.05. The first-order valence-electron chi connectivity index (χ1n) is 9.93. The van der Waals surface area contributed by atoms with Crippen LogP contribution in [0.25, 0.3) is 10.6 Å². The maximum absolute atomic E-state index is 13.1. The van der Waals surface area contributed by atoms with Crippen LogP contribution < -0.4 is 0 Å². The van der Waals surface area contributed by atoms with Crippen molar-refractivity contribution >= 4 is 33.0 Å². The van der Waals surface area contributed by atoms with E-state index in [4.69, 9.17) is 0 Å². The average Bonchev–Trinajstić information content (AvgIpc) is 3.29. The number of carbonyl (C=O) groups excluding carboxylic acids is 1. The zero-order valence-corrected chi connectivity index (χ0v) is 19.1. The predicted octanol–water partition coefficient (Wildman–Crippen LogP) is 3.31. The summed E-state index contributed by atoms with van der Waals surface area (Å²) in [5.74, 6) is -0.678. The molecule has 1 amide bonds. The van der Waals surface area contributed by atoms with Crippen LogP contribution in [0.5, 0.6) is 0 Å². The lowest BCUT2D eigenvalue weighted by Gasteiger charge is -2.33. The van der Waals surface area contributed by atoms with Crippen molar-refractivity contribution < 1.29 is 22.5 Å². The molecule has 9 nitrogen and oxygen atoms in total. The molecule has 4 rings (SSSR count). The smallest absolute Gasteiger partial charge is 0.273 e. The van der Waals surface area contributed by atoms with E-state index in [2.05, 4.69) is 4.98 Å². The van der Waals surface area contributed by atoms with Crippen LogP contribution in [0.3, 0.4) is 0 Å². The van der Waals surface area contributed by atoms with Crippen molar-refractivity contribution in [3.05, 3.63) is 75.0 Å². The van der Waals surface area contributed by atoms with E-state index in [0.717, 1.165) is 6.07 Å². The second kappa shape index (κ2) is 8.96. The minimum Gasteiger partial charge on any atom is -0.335 e. The van der Waals surface area contributed by atoms with Gasteiger partial charge in [-0.05, 0) is 36.8 Å². The Morgan fingerprint density at radius 1 is 1.12 bits per heavy atom. The third-order valence-electron chi connectivity index (χ3n) is 5.34. The summed E-state index contributed by atoms with van der Waals surface area (Å²) in [6.45, 7) is 2.03. The molecule has 2 aromatic carbocycles. The van der Waals surface area contributed by atoms with Gasteiger partial charge in [-0.2, -0.15) is 4.31 Å². The first-order valence-corrected chi connectivity index (χ1v) is 12.2. The zero-order chi connectivity index (χ0) is 23.8. The molecule has 1 saturated heterocycles. The highest BCUT2D eigenvalue weighted by molar-refractivity contribution is 7.89. The first kappa shape index (κ1) is 23.0. The summed E-state index contributed by atoms with van der Waals surface area (Å²) >= 11 is 1.27. The minimum absolute atomic E-state index is 0.0607. The molecule has 0 aliphatic carbocycles. The maximum atomic E-state index is 13.1. The van der Waals surface area contributed by atoms with Gasteiger partial charge in [-0.3, -0.25) is 14.9 Å². The van der Waals surface area contributed by atoms with E-state index in [1.54, 1.807) is 24.4 Å². The van der Waals surface area contributed by atoms with Gasteiger partial charge >= 0.3 is 0 Å². The van der Waals surface area contributed by atoms with Crippen LogP contribution in [0.1, 0.15) is 16.1 Å². The van der Waals surface area contributed by atoms with Gasteiger partial charge in [0.15, 0.2) is 0 Å². The molecular formula is C21H19FN4O5S2. The minimum atomic E-state index is -3.95. The molecule has 1 aliphatic rings. The number of hydrogen-bond donors (Lipinski definition) is 0. The van der Waals surface area contributed by atoms with Gasteiger partial charge in [0.2, 0.25) is 10.0 Å². The summed E-state index contributed by atoms with van der Waals surface area (Å²) in [7, 11) is -3.95. The molecule has 0 atom stereocenters.